The second-order valence-corrected chi connectivity index (χ2v) is 2.63. The van der Waals surface area contributed by atoms with Gasteiger partial charge in [-0.25, -0.2) is 10.0 Å². The molecule has 1 aromatic carbocycles. The normalized spacial score (nSPS) is 9.15. The van der Waals surface area contributed by atoms with Crippen molar-refractivity contribution in [3.63, 3.8) is 0 Å². The standard InChI is InChI=1S/C9H12N2O.ClH/c1-10(2)11(8-12)9-6-4-3-5-7-9;/h3-8H,1-2H3;1H. The molecule has 0 unspecified atom stereocenters. The molecule has 0 aliphatic carbocycles. The maximum atomic E-state index is 10.6. The Hall–Kier alpha value is -1.06. The monoisotopic (exact) mass is 200 g/mol. The van der Waals surface area contributed by atoms with Crippen LogP contribution in [-0.4, -0.2) is 25.5 Å². The number of hydrogen-bond acceptors (Lipinski definition) is 2. The Balaban J connectivity index is 0.00000144. The summed E-state index contributed by atoms with van der Waals surface area (Å²) in [6.45, 7) is 0. The average molecular weight is 201 g/mol. The van der Waals surface area contributed by atoms with Crippen LogP contribution in [0.2, 0.25) is 0 Å². The van der Waals surface area contributed by atoms with Gasteiger partial charge in [0.05, 0.1) is 5.69 Å². The van der Waals surface area contributed by atoms with Crippen LogP contribution in [0.3, 0.4) is 0 Å². The molecule has 0 aliphatic rings. The number of amides is 1. The molecule has 0 fully saturated rings. The van der Waals surface area contributed by atoms with Gasteiger partial charge in [0, 0.05) is 14.1 Å². The van der Waals surface area contributed by atoms with E-state index in [9.17, 15) is 4.79 Å². The van der Waals surface area contributed by atoms with Crippen molar-refractivity contribution in [3.8, 4) is 0 Å². The number of carbonyl (C=O) groups excluding carboxylic acids is 1. The molecule has 0 radical (unpaired) electrons. The van der Waals surface area contributed by atoms with Crippen LogP contribution in [-0.2, 0) is 4.79 Å². The largest absolute Gasteiger partial charge is 0.277 e. The second-order valence-electron chi connectivity index (χ2n) is 2.63. The summed E-state index contributed by atoms with van der Waals surface area (Å²) < 4.78 is 0. The zero-order valence-electron chi connectivity index (χ0n) is 7.68. The first-order valence-electron chi connectivity index (χ1n) is 3.72. The SMILES string of the molecule is CN(C)N(C=O)c1ccccc1.Cl. The maximum absolute atomic E-state index is 10.6. The molecule has 1 aromatic rings. The number of benzene rings is 1. The van der Waals surface area contributed by atoms with Crippen LogP contribution in [0.1, 0.15) is 0 Å². The lowest BCUT2D eigenvalue weighted by molar-refractivity contribution is -0.109. The Labute approximate surface area is 84.3 Å². The number of para-hydroxylation sites is 1. The van der Waals surface area contributed by atoms with E-state index in [0.717, 1.165) is 12.1 Å². The van der Waals surface area contributed by atoms with Gasteiger partial charge in [-0.3, -0.25) is 4.79 Å². The van der Waals surface area contributed by atoms with E-state index in [1.807, 2.05) is 44.4 Å². The lowest BCUT2D eigenvalue weighted by Gasteiger charge is -2.23. The van der Waals surface area contributed by atoms with Crippen molar-refractivity contribution in [1.29, 1.82) is 0 Å². The van der Waals surface area contributed by atoms with Gasteiger partial charge in [-0.2, -0.15) is 0 Å². The first kappa shape index (κ1) is 11.9. The van der Waals surface area contributed by atoms with Crippen LogP contribution in [0, 0.1) is 0 Å². The van der Waals surface area contributed by atoms with Crippen LogP contribution >= 0.6 is 12.4 Å². The van der Waals surface area contributed by atoms with E-state index in [1.54, 1.807) is 5.01 Å². The van der Waals surface area contributed by atoms with Crippen LogP contribution in [0.4, 0.5) is 5.69 Å². The molecule has 0 bridgehead atoms. The quantitative estimate of drug-likeness (QED) is 0.546. The molecule has 1 amide bonds. The summed E-state index contributed by atoms with van der Waals surface area (Å²) >= 11 is 0. The van der Waals surface area contributed by atoms with Gasteiger partial charge >= 0.3 is 0 Å². The number of halogens is 1. The molecule has 1 rings (SSSR count). The zero-order chi connectivity index (χ0) is 8.97. The third-order valence-corrected chi connectivity index (χ3v) is 1.55. The number of nitrogens with zero attached hydrogens (tertiary/aromatic N) is 2. The smallest absolute Gasteiger partial charge is 0.228 e. The third kappa shape index (κ3) is 3.05. The van der Waals surface area contributed by atoms with Gasteiger partial charge in [0.1, 0.15) is 0 Å². The van der Waals surface area contributed by atoms with Crippen molar-refractivity contribution in [2.24, 2.45) is 0 Å². The molecular weight excluding hydrogens is 188 g/mol. The molecule has 72 valence electrons. The van der Waals surface area contributed by atoms with E-state index in [-0.39, 0.29) is 12.4 Å². The van der Waals surface area contributed by atoms with Gasteiger partial charge in [0.25, 0.3) is 0 Å². The topological polar surface area (TPSA) is 23.6 Å². The van der Waals surface area contributed by atoms with Crippen molar-refractivity contribution in [2.45, 2.75) is 0 Å². The van der Waals surface area contributed by atoms with E-state index in [0.29, 0.717) is 0 Å². The van der Waals surface area contributed by atoms with Crippen LogP contribution < -0.4 is 5.01 Å². The van der Waals surface area contributed by atoms with E-state index >= 15 is 0 Å². The average Bonchev–Trinajstić information content (AvgIpc) is 2.07. The Bertz CT molecular complexity index is 251. The van der Waals surface area contributed by atoms with E-state index in [1.165, 1.54) is 5.01 Å². The zero-order valence-corrected chi connectivity index (χ0v) is 8.49. The molecule has 0 saturated carbocycles. The highest BCUT2D eigenvalue weighted by atomic mass is 35.5. The highest BCUT2D eigenvalue weighted by molar-refractivity contribution is 5.85. The van der Waals surface area contributed by atoms with E-state index < -0.39 is 0 Å². The first-order chi connectivity index (χ1) is 5.75. The molecule has 0 aromatic heterocycles. The fourth-order valence-corrected chi connectivity index (χ4v) is 0.967. The summed E-state index contributed by atoms with van der Waals surface area (Å²) in [5.74, 6) is 0. The van der Waals surface area contributed by atoms with Crippen molar-refractivity contribution in [1.82, 2.24) is 5.01 Å². The van der Waals surface area contributed by atoms with Gasteiger partial charge in [-0.15, -0.1) is 12.4 Å². The summed E-state index contributed by atoms with van der Waals surface area (Å²) in [5.41, 5.74) is 0.873. The number of anilines is 1. The van der Waals surface area contributed by atoms with Gasteiger partial charge in [0.15, 0.2) is 0 Å². The summed E-state index contributed by atoms with van der Waals surface area (Å²) in [5, 5.41) is 3.25. The second kappa shape index (κ2) is 5.56. The molecule has 0 heterocycles. The Morgan fingerprint density at radius 1 is 1.15 bits per heavy atom. The van der Waals surface area contributed by atoms with Crippen LogP contribution in [0.25, 0.3) is 0 Å². The van der Waals surface area contributed by atoms with Crippen molar-refractivity contribution in [2.75, 3.05) is 19.1 Å². The lowest BCUT2D eigenvalue weighted by atomic mass is 10.3. The van der Waals surface area contributed by atoms with Crippen LogP contribution in [0.15, 0.2) is 30.3 Å². The first-order valence-corrected chi connectivity index (χ1v) is 3.72. The minimum Gasteiger partial charge on any atom is -0.277 e. The molecule has 3 nitrogen and oxygen atoms in total. The summed E-state index contributed by atoms with van der Waals surface area (Å²) in [6, 6.07) is 9.48. The summed E-state index contributed by atoms with van der Waals surface area (Å²) in [4.78, 5) is 10.6. The molecule has 0 atom stereocenters. The van der Waals surface area contributed by atoms with Crippen molar-refractivity contribution >= 4 is 24.5 Å². The third-order valence-electron chi connectivity index (χ3n) is 1.55. The summed E-state index contributed by atoms with van der Waals surface area (Å²) in [7, 11) is 3.64. The number of hydrazine groups is 1. The van der Waals surface area contributed by atoms with Crippen LogP contribution in [0.5, 0.6) is 0 Å². The molecule has 0 spiro atoms. The number of hydrogen-bond donors (Lipinski definition) is 0. The molecule has 0 N–H and O–H groups in total. The predicted octanol–water partition coefficient (Wildman–Crippen LogP) is 1.55. The number of rotatable bonds is 3. The molecular formula is C9H13ClN2O. The molecule has 0 aliphatic heterocycles. The lowest BCUT2D eigenvalue weighted by Crippen LogP contribution is -2.35. The Morgan fingerprint density at radius 3 is 2.08 bits per heavy atom. The van der Waals surface area contributed by atoms with E-state index in [4.69, 9.17) is 0 Å². The molecule has 4 heteroatoms. The van der Waals surface area contributed by atoms with Gasteiger partial charge < -0.3 is 0 Å². The highest BCUT2D eigenvalue weighted by Gasteiger charge is 2.04. The maximum Gasteiger partial charge on any atom is 0.228 e. The van der Waals surface area contributed by atoms with E-state index in [2.05, 4.69) is 0 Å². The number of carbonyl (C=O) groups is 1. The van der Waals surface area contributed by atoms with Gasteiger partial charge in [0.2, 0.25) is 6.41 Å². The van der Waals surface area contributed by atoms with Crippen molar-refractivity contribution < 1.29 is 4.79 Å². The minimum atomic E-state index is 0. The summed E-state index contributed by atoms with van der Waals surface area (Å²) in [6.07, 6.45) is 0.787. The minimum absolute atomic E-state index is 0. The Kier molecular flexibility index (Phi) is 5.11. The fraction of sp³-hybridized carbons (Fsp3) is 0.222. The molecule has 13 heavy (non-hydrogen) atoms. The van der Waals surface area contributed by atoms with Gasteiger partial charge in [-0.05, 0) is 12.1 Å². The van der Waals surface area contributed by atoms with Crippen molar-refractivity contribution in [3.05, 3.63) is 30.3 Å². The predicted molar refractivity (Wildman–Crippen MR) is 55.9 cm³/mol. The highest BCUT2D eigenvalue weighted by Crippen LogP contribution is 2.11. The molecule has 0 saturated heterocycles. The van der Waals surface area contributed by atoms with Gasteiger partial charge in [-0.1, -0.05) is 18.2 Å². The Morgan fingerprint density at radius 2 is 1.69 bits per heavy atom. The fourth-order valence-electron chi connectivity index (χ4n) is 0.967.